The number of likely N-dealkylation sites (N-methyl/N-ethyl adjacent to an activating group) is 1. The van der Waals surface area contributed by atoms with Crippen LogP contribution in [0.5, 0.6) is 0 Å². The Kier molecular flexibility index (Phi) is 6.56. The molecule has 0 N–H and O–H groups in total. The lowest BCUT2D eigenvalue weighted by Gasteiger charge is -2.28. The van der Waals surface area contributed by atoms with Crippen molar-refractivity contribution in [3.05, 3.63) is 39.6 Å². The third-order valence-corrected chi connectivity index (χ3v) is 4.31. The van der Waals surface area contributed by atoms with Gasteiger partial charge < -0.3 is 19.1 Å². The standard InChI is InChI=1S/C17H19Cl2NO5/c1-4-24-17(22)25-15-13(16(21)23-3)5-6-14(15)20(2)12-8-10(18)7-11(19)9-12/h7-9,14H,4-6H2,1-3H3. The van der Waals surface area contributed by atoms with Crippen molar-refractivity contribution in [1.82, 2.24) is 0 Å². The highest BCUT2D eigenvalue weighted by Gasteiger charge is 2.36. The zero-order chi connectivity index (χ0) is 18.6. The summed E-state index contributed by atoms with van der Waals surface area (Å²) in [6.45, 7) is 1.84. The Bertz CT molecular complexity index is 684. The fraction of sp³-hybridized carbons (Fsp3) is 0.412. The SMILES string of the molecule is CCOC(=O)OC1=C(C(=O)OC)CCC1N(C)c1cc(Cl)cc(Cl)c1. The van der Waals surface area contributed by atoms with Crippen molar-refractivity contribution in [1.29, 1.82) is 0 Å². The summed E-state index contributed by atoms with van der Waals surface area (Å²) in [4.78, 5) is 25.6. The molecular weight excluding hydrogens is 369 g/mol. The first-order chi connectivity index (χ1) is 11.9. The highest BCUT2D eigenvalue weighted by molar-refractivity contribution is 6.35. The summed E-state index contributed by atoms with van der Waals surface area (Å²) in [6, 6.07) is 4.76. The average molecular weight is 388 g/mol. The predicted molar refractivity (Wildman–Crippen MR) is 95.0 cm³/mol. The number of benzene rings is 1. The predicted octanol–water partition coefficient (Wildman–Crippen LogP) is 4.19. The molecule has 0 aromatic heterocycles. The van der Waals surface area contributed by atoms with Crippen molar-refractivity contribution in [2.75, 3.05) is 25.7 Å². The van der Waals surface area contributed by atoms with Gasteiger partial charge in [-0.05, 0) is 38.0 Å². The van der Waals surface area contributed by atoms with Gasteiger partial charge in [-0.3, -0.25) is 0 Å². The van der Waals surface area contributed by atoms with E-state index in [2.05, 4.69) is 0 Å². The number of anilines is 1. The van der Waals surface area contributed by atoms with Crippen molar-refractivity contribution >= 4 is 41.0 Å². The molecule has 1 aromatic rings. The lowest BCUT2D eigenvalue weighted by Crippen LogP contribution is -2.33. The maximum Gasteiger partial charge on any atom is 0.513 e. The van der Waals surface area contributed by atoms with Crippen LogP contribution < -0.4 is 4.90 Å². The fourth-order valence-electron chi connectivity index (χ4n) is 2.72. The topological polar surface area (TPSA) is 65.1 Å². The molecule has 0 amide bonds. The van der Waals surface area contributed by atoms with Crippen molar-refractivity contribution in [2.24, 2.45) is 0 Å². The quantitative estimate of drug-likeness (QED) is 0.705. The molecule has 2 rings (SSSR count). The van der Waals surface area contributed by atoms with Gasteiger partial charge in [0, 0.05) is 22.8 Å². The van der Waals surface area contributed by atoms with E-state index in [0.717, 1.165) is 5.69 Å². The van der Waals surface area contributed by atoms with E-state index in [1.165, 1.54) is 7.11 Å². The van der Waals surface area contributed by atoms with Gasteiger partial charge in [0.15, 0.2) is 0 Å². The largest absolute Gasteiger partial charge is 0.513 e. The van der Waals surface area contributed by atoms with Gasteiger partial charge in [0.1, 0.15) is 5.76 Å². The van der Waals surface area contributed by atoms with Crippen molar-refractivity contribution in [3.63, 3.8) is 0 Å². The van der Waals surface area contributed by atoms with Gasteiger partial charge in [0.05, 0.1) is 25.3 Å². The molecule has 0 bridgehead atoms. The highest BCUT2D eigenvalue weighted by atomic mass is 35.5. The summed E-state index contributed by atoms with van der Waals surface area (Å²) in [5.41, 5.74) is 1.05. The number of carbonyl (C=O) groups excluding carboxylic acids is 2. The summed E-state index contributed by atoms with van der Waals surface area (Å²) in [7, 11) is 3.09. The molecule has 1 aliphatic rings. The molecule has 1 atom stereocenters. The lowest BCUT2D eigenvalue weighted by atomic mass is 10.2. The molecular formula is C17H19Cl2NO5. The maximum atomic E-state index is 12.0. The Morgan fingerprint density at radius 1 is 1.24 bits per heavy atom. The molecule has 0 heterocycles. The first-order valence-corrected chi connectivity index (χ1v) is 8.47. The second-order valence-electron chi connectivity index (χ2n) is 5.41. The number of nitrogens with zero attached hydrogens (tertiary/aromatic N) is 1. The average Bonchev–Trinajstić information content (AvgIpc) is 2.96. The smallest absolute Gasteiger partial charge is 0.466 e. The molecule has 0 saturated heterocycles. The maximum absolute atomic E-state index is 12.0. The van der Waals surface area contributed by atoms with E-state index in [1.54, 1.807) is 32.2 Å². The van der Waals surface area contributed by atoms with Gasteiger partial charge in [0.2, 0.25) is 0 Å². The number of rotatable bonds is 5. The fourth-order valence-corrected chi connectivity index (χ4v) is 3.24. The van der Waals surface area contributed by atoms with E-state index >= 15 is 0 Å². The first-order valence-electron chi connectivity index (χ1n) is 7.72. The van der Waals surface area contributed by atoms with Crippen LogP contribution in [0, 0.1) is 0 Å². The van der Waals surface area contributed by atoms with Gasteiger partial charge in [-0.15, -0.1) is 0 Å². The summed E-state index contributed by atoms with van der Waals surface area (Å²) in [6.07, 6.45) is 0.133. The molecule has 8 heteroatoms. The van der Waals surface area contributed by atoms with Crippen LogP contribution in [-0.4, -0.2) is 38.9 Å². The minimum atomic E-state index is -0.858. The molecule has 0 spiro atoms. The summed E-state index contributed by atoms with van der Waals surface area (Å²) in [5, 5.41) is 0.967. The molecule has 0 fully saturated rings. The first kappa shape index (κ1) is 19.4. The zero-order valence-electron chi connectivity index (χ0n) is 14.2. The summed E-state index contributed by atoms with van der Waals surface area (Å²) in [5.74, 6) is -0.303. The van der Waals surface area contributed by atoms with Gasteiger partial charge >= 0.3 is 12.1 Å². The third-order valence-electron chi connectivity index (χ3n) is 3.88. The van der Waals surface area contributed by atoms with Crippen molar-refractivity contribution in [2.45, 2.75) is 25.8 Å². The van der Waals surface area contributed by atoms with Crippen molar-refractivity contribution in [3.8, 4) is 0 Å². The molecule has 1 unspecified atom stereocenters. The van der Waals surface area contributed by atoms with Gasteiger partial charge in [-0.25, -0.2) is 9.59 Å². The number of hydrogen-bond donors (Lipinski definition) is 0. The van der Waals surface area contributed by atoms with Gasteiger partial charge in [-0.1, -0.05) is 23.2 Å². The van der Waals surface area contributed by atoms with E-state index in [9.17, 15) is 9.59 Å². The van der Waals surface area contributed by atoms with Crippen LogP contribution in [0.1, 0.15) is 19.8 Å². The Labute approximate surface area is 156 Å². The van der Waals surface area contributed by atoms with Crippen LogP contribution in [0.3, 0.4) is 0 Å². The highest BCUT2D eigenvalue weighted by Crippen LogP contribution is 2.35. The molecule has 25 heavy (non-hydrogen) atoms. The molecule has 1 aromatic carbocycles. The third kappa shape index (κ3) is 4.58. The van der Waals surface area contributed by atoms with Crippen LogP contribution in [0.25, 0.3) is 0 Å². The minimum Gasteiger partial charge on any atom is -0.466 e. The minimum absolute atomic E-state index is 0.171. The monoisotopic (exact) mass is 387 g/mol. The van der Waals surface area contributed by atoms with Gasteiger partial charge in [0.25, 0.3) is 0 Å². The Hall–Kier alpha value is -1.92. The second-order valence-corrected chi connectivity index (χ2v) is 6.29. The Morgan fingerprint density at radius 2 is 1.88 bits per heavy atom. The number of halogens is 2. The van der Waals surface area contributed by atoms with E-state index in [1.807, 2.05) is 4.90 Å². The number of methoxy groups -OCH3 is 1. The zero-order valence-corrected chi connectivity index (χ0v) is 15.7. The number of ether oxygens (including phenoxy) is 3. The number of esters is 1. The molecule has 0 saturated carbocycles. The number of carbonyl (C=O) groups is 2. The molecule has 1 aliphatic carbocycles. The second kappa shape index (κ2) is 8.45. The van der Waals surface area contributed by atoms with Crippen LogP contribution in [0.2, 0.25) is 10.0 Å². The normalized spacial score (nSPS) is 16.6. The van der Waals surface area contributed by atoms with E-state index in [0.29, 0.717) is 28.5 Å². The van der Waals surface area contributed by atoms with Crippen LogP contribution in [0.15, 0.2) is 29.5 Å². The number of hydrogen-bond acceptors (Lipinski definition) is 6. The molecule has 0 aliphatic heterocycles. The lowest BCUT2D eigenvalue weighted by molar-refractivity contribution is -0.136. The van der Waals surface area contributed by atoms with Crippen LogP contribution in [0.4, 0.5) is 10.5 Å². The Morgan fingerprint density at radius 3 is 2.44 bits per heavy atom. The van der Waals surface area contributed by atoms with Crippen LogP contribution in [-0.2, 0) is 19.0 Å². The van der Waals surface area contributed by atoms with E-state index in [-0.39, 0.29) is 18.4 Å². The Balaban J connectivity index is 2.35. The van der Waals surface area contributed by atoms with Gasteiger partial charge in [-0.2, -0.15) is 0 Å². The van der Waals surface area contributed by atoms with Crippen molar-refractivity contribution < 1.29 is 23.8 Å². The molecule has 6 nitrogen and oxygen atoms in total. The summed E-state index contributed by atoms with van der Waals surface area (Å²) >= 11 is 12.1. The van der Waals surface area contributed by atoms with Crippen LogP contribution >= 0.6 is 23.2 Å². The van der Waals surface area contributed by atoms with E-state index < -0.39 is 12.1 Å². The van der Waals surface area contributed by atoms with E-state index in [4.69, 9.17) is 37.4 Å². The molecule has 0 radical (unpaired) electrons. The summed E-state index contributed by atoms with van der Waals surface area (Å²) < 4.78 is 14.9. The molecule has 136 valence electrons.